The third-order valence-electron chi connectivity index (χ3n) is 2.99. The van der Waals surface area contributed by atoms with Gasteiger partial charge < -0.3 is 4.90 Å². The molecule has 0 saturated heterocycles. The topological polar surface area (TPSA) is 15.6 Å². The number of hydrogen-bond donors (Lipinski definition) is 0. The van der Waals surface area contributed by atoms with Crippen molar-refractivity contribution >= 4 is 22.9 Å². The van der Waals surface area contributed by atoms with Crippen molar-refractivity contribution in [3.63, 3.8) is 0 Å². The van der Waals surface area contributed by atoms with Crippen LogP contribution in [0.2, 0.25) is 0 Å². The Hall–Kier alpha value is -1.61. The molecule has 3 heteroatoms. The molecule has 1 aromatic heterocycles. The molecule has 86 valence electrons. The van der Waals surface area contributed by atoms with Gasteiger partial charge in [-0.3, -0.25) is 4.99 Å². The van der Waals surface area contributed by atoms with Gasteiger partial charge in [0.1, 0.15) is 5.84 Å². The summed E-state index contributed by atoms with van der Waals surface area (Å²) in [6, 6.07) is 12.7. The zero-order chi connectivity index (χ0) is 11.7. The minimum atomic E-state index is 0.890. The molecule has 1 aromatic carbocycles. The van der Waals surface area contributed by atoms with Gasteiger partial charge in [-0.05, 0) is 30.0 Å². The molecule has 17 heavy (non-hydrogen) atoms. The maximum Gasteiger partial charge on any atom is 0.145 e. The standard InChI is InChI=1S/C14H14N2S/c1-11-5-2-3-6-12(11)16-9-8-15-14(16)13-7-4-10-17-13/h2-7,10H,8-9H2,1H3. The van der Waals surface area contributed by atoms with Gasteiger partial charge in [0.05, 0.1) is 11.4 Å². The molecule has 1 aliphatic rings. The predicted molar refractivity (Wildman–Crippen MR) is 74.2 cm³/mol. The van der Waals surface area contributed by atoms with Crippen molar-refractivity contribution in [2.45, 2.75) is 6.92 Å². The molecule has 2 heterocycles. The van der Waals surface area contributed by atoms with Gasteiger partial charge in [0.15, 0.2) is 0 Å². The number of benzene rings is 1. The summed E-state index contributed by atoms with van der Waals surface area (Å²) in [7, 11) is 0. The van der Waals surface area contributed by atoms with Crippen LogP contribution in [0.25, 0.3) is 0 Å². The molecule has 1 aliphatic heterocycles. The summed E-state index contributed by atoms with van der Waals surface area (Å²) in [6.45, 7) is 4.03. The summed E-state index contributed by atoms with van der Waals surface area (Å²) < 4.78 is 0. The van der Waals surface area contributed by atoms with E-state index in [2.05, 4.69) is 58.6 Å². The second-order valence-electron chi connectivity index (χ2n) is 4.12. The number of hydrogen-bond acceptors (Lipinski definition) is 3. The molecule has 0 bridgehead atoms. The van der Waals surface area contributed by atoms with Gasteiger partial charge >= 0.3 is 0 Å². The molecule has 0 radical (unpaired) electrons. The second kappa shape index (κ2) is 4.34. The zero-order valence-corrected chi connectivity index (χ0v) is 10.6. The Morgan fingerprint density at radius 2 is 2.06 bits per heavy atom. The molecular weight excluding hydrogens is 228 g/mol. The van der Waals surface area contributed by atoms with E-state index in [1.165, 1.54) is 16.1 Å². The van der Waals surface area contributed by atoms with Crippen molar-refractivity contribution in [3.8, 4) is 0 Å². The highest BCUT2D eigenvalue weighted by molar-refractivity contribution is 7.12. The van der Waals surface area contributed by atoms with Crippen molar-refractivity contribution in [3.05, 3.63) is 52.2 Å². The molecule has 0 aliphatic carbocycles. The van der Waals surface area contributed by atoms with Gasteiger partial charge in [-0.1, -0.05) is 24.3 Å². The fourth-order valence-electron chi connectivity index (χ4n) is 2.16. The van der Waals surface area contributed by atoms with Crippen LogP contribution in [0, 0.1) is 6.92 Å². The Kier molecular flexibility index (Phi) is 2.69. The maximum absolute atomic E-state index is 4.63. The first-order valence-corrected chi connectivity index (χ1v) is 6.66. The van der Waals surface area contributed by atoms with E-state index < -0.39 is 0 Å². The number of aliphatic imine (C=N–C) groups is 1. The summed E-state index contributed by atoms with van der Waals surface area (Å²) >= 11 is 1.75. The van der Waals surface area contributed by atoms with E-state index in [0.717, 1.165) is 18.9 Å². The van der Waals surface area contributed by atoms with Crippen LogP contribution < -0.4 is 4.90 Å². The lowest BCUT2D eigenvalue weighted by Gasteiger charge is -2.21. The number of anilines is 1. The third-order valence-corrected chi connectivity index (χ3v) is 3.85. The molecule has 0 atom stereocenters. The molecule has 2 nitrogen and oxygen atoms in total. The monoisotopic (exact) mass is 242 g/mol. The largest absolute Gasteiger partial charge is 0.323 e. The average Bonchev–Trinajstić information content (AvgIpc) is 3.00. The second-order valence-corrected chi connectivity index (χ2v) is 5.07. The lowest BCUT2D eigenvalue weighted by atomic mass is 10.2. The van der Waals surface area contributed by atoms with Crippen molar-refractivity contribution in [2.75, 3.05) is 18.0 Å². The molecule has 0 spiro atoms. The molecule has 0 fully saturated rings. The van der Waals surface area contributed by atoms with Crippen LogP contribution in [0.5, 0.6) is 0 Å². The van der Waals surface area contributed by atoms with E-state index >= 15 is 0 Å². The van der Waals surface area contributed by atoms with Gasteiger partial charge in [0, 0.05) is 12.2 Å². The van der Waals surface area contributed by atoms with Crippen LogP contribution in [-0.2, 0) is 0 Å². The quantitative estimate of drug-likeness (QED) is 0.788. The molecule has 0 amide bonds. The van der Waals surface area contributed by atoms with Crippen molar-refractivity contribution in [1.82, 2.24) is 0 Å². The minimum absolute atomic E-state index is 0.890. The van der Waals surface area contributed by atoms with Crippen LogP contribution in [-0.4, -0.2) is 18.9 Å². The molecule has 2 aromatic rings. The fourth-order valence-corrected chi connectivity index (χ4v) is 2.91. The molecule has 0 unspecified atom stereocenters. The summed E-state index contributed by atoms with van der Waals surface area (Å²) in [4.78, 5) is 8.21. The number of rotatable bonds is 2. The maximum atomic E-state index is 4.63. The number of nitrogens with zero attached hydrogens (tertiary/aromatic N) is 2. The lowest BCUT2D eigenvalue weighted by Crippen LogP contribution is -2.28. The normalized spacial score (nSPS) is 15.1. The van der Waals surface area contributed by atoms with Gasteiger partial charge in [0.25, 0.3) is 0 Å². The number of para-hydroxylation sites is 1. The van der Waals surface area contributed by atoms with E-state index in [-0.39, 0.29) is 0 Å². The molecule has 3 rings (SSSR count). The van der Waals surface area contributed by atoms with E-state index in [1.54, 1.807) is 11.3 Å². The fraction of sp³-hybridized carbons (Fsp3) is 0.214. The summed E-state index contributed by atoms with van der Waals surface area (Å²) in [5.41, 5.74) is 2.58. The Morgan fingerprint density at radius 1 is 1.18 bits per heavy atom. The highest BCUT2D eigenvalue weighted by Crippen LogP contribution is 2.25. The Bertz CT molecular complexity index is 543. The van der Waals surface area contributed by atoms with Crippen LogP contribution in [0.15, 0.2) is 46.8 Å². The Labute approximate surface area is 105 Å². The Morgan fingerprint density at radius 3 is 2.82 bits per heavy atom. The van der Waals surface area contributed by atoms with Crippen LogP contribution in [0.1, 0.15) is 10.4 Å². The summed E-state index contributed by atoms with van der Waals surface area (Å²) in [5.74, 6) is 1.12. The SMILES string of the molecule is Cc1ccccc1N1CCN=C1c1cccs1. The smallest absolute Gasteiger partial charge is 0.145 e. The zero-order valence-electron chi connectivity index (χ0n) is 9.76. The highest BCUT2D eigenvalue weighted by Gasteiger charge is 2.21. The van der Waals surface area contributed by atoms with E-state index in [9.17, 15) is 0 Å². The van der Waals surface area contributed by atoms with E-state index in [0.29, 0.717) is 0 Å². The van der Waals surface area contributed by atoms with Gasteiger partial charge in [-0.15, -0.1) is 11.3 Å². The first-order valence-electron chi connectivity index (χ1n) is 5.78. The predicted octanol–water partition coefficient (Wildman–Crippen LogP) is 3.32. The van der Waals surface area contributed by atoms with E-state index in [4.69, 9.17) is 0 Å². The summed E-state index contributed by atoms with van der Waals surface area (Å²) in [5, 5.41) is 2.10. The number of amidine groups is 1. The third kappa shape index (κ3) is 1.87. The summed E-state index contributed by atoms with van der Waals surface area (Å²) in [6.07, 6.45) is 0. The van der Waals surface area contributed by atoms with Gasteiger partial charge in [-0.25, -0.2) is 0 Å². The van der Waals surface area contributed by atoms with Crippen molar-refractivity contribution in [2.24, 2.45) is 4.99 Å². The van der Waals surface area contributed by atoms with Gasteiger partial charge in [0.2, 0.25) is 0 Å². The minimum Gasteiger partial charge on any atom is -0.323 e. The lowest BCUT2D eigenvalue weighted by molar-refractivity contribution is 1.02. The average molecular weight is 242 g/mol. The van der Waals surface area contributed by atoms with Gasteiger partial charge in [-0.2, -0.15) is 0 Å². The van der Waals surface area contributed by atoms with Crippen LogP contribution in [0.4, 0.5) is 5.69 Å². The molecular formula is C14H14N2S. The number of thiophene rings is 1. The first-order chi connectivity index (χ1) is 8.36. The Balaban J connectivity index is 2.00. The molecule has 0 N–H and O–H groups in total. The van der Waals surface area contributed by atoms with Crippen molar-refractivity contribution < 1.29 is 0 Å². The van der Waals surface area contributed by atoms with Crippen molar-refractivity contribution in [1.29, 1.82) is 0 Å². The highest BCUT2D eigenvalue weighted by atomic mass is 32.1. The molecule has 0 saturated carbocycles. The first kappa shape index (κ1) is 10.5. The van der Waals surface area contributed by atoms with Crippen LogP contribution >= 0.6 is 11.3 Å². The number of aryl methyl sites for hydroxylation is 1. The van der Waals surface area contributed by atoms with E-state index in [1.807, 2.05) is 0 Å². The van der Waals surface area contributed by atoms with Crippen LogP contribution in [0.3, 0.4) is 0 Å².